The highest BCUT2D eigenvalue weighted by Gasteiger charge is 2.35. The molecule has 2 bridgehead atoms. The van der Waals surface area contributed by atoms with Crippen LogP contribution in [0.25, 0.3) is 5.82 Å². The van der Waals surface area contributed by atoms with Crippen LogP contribution in [0.2, 0.25) is 0 Å². The SMILES string of the molecule is CCOC(=O)N1CCN(c2ccc(Nc3nc(N)n(-c4cc(N5CCC6CCC(C5)N6C)ncn4)n3)cc2)CC1. The summed E-state index contributed by atoms with van der Waals surface area (Å²) in [5, 5.41) is 7.82. The van der Waals surface area contributed by atoms with Gasteiger partial charge in [-0.15, -0.1) is 5.10 Å². The highest BCUT2D eigenvalue weighted by Crippen LogP contribution is 2.30. The fraction of sp³-hybridized carbons (Fsp3) is 0.519. The number of hydrogen-bond acceptors (Lipinski definition) is 11. The highest BCUT2D eigenvalue weighted by molar-refractivity contribution is 5.68. The van der Waals surface area contributed by atoms with Crippen LogP contribution < -0.4 is 20.9 Å². The zero-order valence-electron chi connectivity index (χ0n) is 23.1. The molecule has 0 saturated carbocycles. The van der Waals surface area contributed by atoms with E-state index in [2.05, 4.69) is 47.1 Å². The third kappa shape index (κ3) is 5.33. The summed E-state index contributed by atoms with van der Waals surface area (Å²) in [5.41, 5.74) is 8.18. The molecule has 2 unspecified atom stereocenters. The molecule has 40 heavy (non-hydrogen) atoms. The lowest BCUT2D eigenvalue weighted by Gasteiger charge is -2.35. The molecule has 2 aromatic heterocycles. The molecule has 5 heterocycles. The second-order valence-electron chi connectivity index (χ2n) is 10.6. The molecule has 3 N–H and O–H groups in total. The predicted molar refractivity (Wildman–Crippen MR) is 153 cm³/mol. The van der Waals surface area contributed by atoms with E-state index in [0.717, 1.165) is 49.8 Å². The van der Waals surface area contributed by atoms with Crippen LogP contribution in [0.5, 0.6) is 0 Å². The number of aromatic nitrogens is 5. The Labute approximate surface area is 233 Å². The number of piperazine rings is 1. The van der Waals surface area contributed by atoms with Gasteiger partial charge in [0.05, 0.1) is 6.61 Å². The van der Waals surface area contributed by atoms with Gasteiger partial charge in [0.1, 0.15) is 12.1 Å². The average molecular weight is 548 g/mol. The topological polar surface area (TPSA) is 134 Å². The molecule has 3 aromatic rings. The lowest BCUT2D eigenvalue weighted by Crippen LogP contribution is -2.49. The van der Waals surface area contributed by atoms with Crippen LogP contribution >= 0.6 is 0 Å². The van der Waals surface area contributed by atoms with Crippen LogP contribution in [0, 0.1) is 0 Å². The quantitative estimate of drug-likeness (QED) is 0.471. The molecule has 212 valence electrons. The normalized spacial score (nSPS) is 21.4. The van der Waals surface area contributed by atoms with Crippen LogP contribution in [0.15, 0.2) is 36.7 Å². The monoisotopic (exact) mass is 547 g/mol. The Morgan fingerprint density at radius 2 is 1.75 bits per heavy atom. The smallest absolute Gasteiger partial charge is 0.409 e. The number of nitrogens with zero attached hydrogens (tertiary/aromatic N) is 9. The summed E-state index contributed by atoms with van der Waals surface area (Å²) in [4.78, 5) is 34.2. The molecular formula is C27H37N11O2. The van der Waals surface area contributed by atoms with Crippen molar-refractivity contribution in [3.05, 3.63) is 36.7 Å². The van der Waals surface area contributed by atoms with Gasteiger partial charge in [-0.2, -0.15) is 9.67 Å². The largest absolute Gasteiger partial charge is 0.450 e. The Kier molecular flexibility index (Phi) is 7.29. The molecule has 3 fully saturated rings. The molecule has 0 radical (unpaired) electrons. The number of nitrogen functional groups attached to an aromatic ring is 1. The number of hydrogen-bond donors (Lipinski definition) is 2. The third-order valence-corrected chi connectivity index (χ3v) is 8.25. The van der Waals surface area contributed by atoms with E-state index in [4.69, 9.17) is 10.5 Å². The maximum Gasteiger partial charge on any atom is 0.409 e. The Balaban J connectivity index is 1.10. The zero-order chi connectivity index (χ0) is 27.6. The standard InChI is InChI=1S/C27H37N11O2/c1-3-40-27(39)36-14-12-35(13-15-36)21-6-4-19(5-7-21)31-26-32-25(28)38(33-26)24-16-23(29-18-30-24)37-11-10-20-8-9-22(17-37)34(20)2/h4-7,16,18,20,22H,3,8-15,17H2,1-2H3,(H3,28,31,32,33). The van der Waals surface area contributed by atoms with Gasteiger partial charge in [0.2, 0.25) is 11.9 Å². The number of fused-ring (bicyclic) bond motifs is 2. The van der Waals surface area contributed by atoms with Gasteiger partial charge < -0.3 is 30.5 Å². The summed E-state index contributed by atoms with van der Waals surface area (Å²) in [7, 11) is 2.24. The van der Waals surface area contributed by atoms with Gasteiger partial charge in [0.25, 0.3) is 0 Å². The van der Waals surface area contributed by atoms with Gasteiger partial charge in [-0.3, -0.25) is 4.90 Å². The van der Waals surface area contributed by atoms with Crippen LogP contribution in [0.3, 0.4) is 0 Å². The number of carbonyl (C=O) groups is 1. The van der Waals surface area contributed by atoms with E-state index in [1.807, 2.05) is 37.3 Å². The summed E-state index contributed by atoms with van der Waals surface area (Å²) < 4.78 is 6.65. The first kappa shape index (κ1) is 26.1. The second kappa shape index (κ2) is 11.2. The fourth-order valence-corrected chi connectivity index (χ4v) is 5.94. The predicted octanol–water partition coefficient (Wildman–Crippen LogP) is 2.33. The van der Waals surface area contributed by atoms with Gasteiger partial charge in [-0.25, -0.2) is 14.8 Å². The number of anilines is 5. The van der Waals surface area contributed by atoms with E-state index in [9.17, 15) is 4.79 Å². The van der Waals surface area contributed by atoms with E-state index in [1.165, 1.54) is 12.8 Å². The third-order valence-electron chi connectivity index (χ3n) is 8.25. The average Bonchev–Trinajstić information content (AvgIpc) is 3.45. The maximum absolute atomic E-state index is 12.0. The lowest BCUT2D eigenvalue weighted by atomic mass is 10.1. The molecule has 3 saturated heterocycles. The maximum atomic E-state index is 12.0. The molecule has 2 atom stereocenters. The summed E-state index contributed by atoms with van der Waals surface area (Å²) in [6, 6.07) is 11.2. The van der Waals surface area contributed by atoms with Crippen molar-refractivity contribution < 1.29 is 9.53 Å². The summed E-state index contributed by atoms with van der Waals surface area (Å²) in [6.07, 6.45) is 4.97. The molecule has 13 nitrogen and oxygen atoms in total. The number of amides is 1. The number of nitrogens with one attached hydrogen (secondary N) is 1. The van der Waals surface area contributed by atoms with Crippen molar-refractivity contribution in [2.45, 2.75) is 38.3 Å². The first-order valence-electron chi connectivity index (χ1n) is 14.0. The van der Waals surface area contributed by atoms with Crippen molar-refractivity contribution >= 4 is 35.2 Å². The molecule has 0 spiro atoms. The van der Waals surface area contributed by atoms with Crippen LogP contribution in [0.4, 0.5) is 33.9 Å². The van der Waals surface area contributed by atoms with Crippen LogP contribution in [-0.2, 0) is 4.74 Å². The Morgan fingerprint density at radius 3 is 2.52 bits per heavy atom. The van der Waals surface area contributed by atoms with Crippen LogP contribution in [-0.4, -0.2) is 106 Å². The summed E-state index contributed by atoms with van der Waals surface area (Å²) in [5.74, 6) is 2.11. The zero-order valence-corrected chi connectivity index (χ0v) is 23.1. The Bertz CT molecular complexity index is 1320. The summed E-state index contributed by atoms with van der Waals surface area (Å²) >= 11 is 0. The number of likely N-dealkylation sites (N-methyl/N-ethyl adjacent to an activating group) is 1. The van der Waals surface area contributed by atoms with E-state index in [-0.39, 0.29) is 12.0 Å². The van der Waals surface area contributed by atoms with Crippen LogP contribution in [0.1, 0.15) is 26.2 Å². The van der Waals surface area contributed by atoms with Crippen molar-refractivity contribution in [1.29, 1.82) is 0 Å². The van der Waals surface area contributed by atoms with E-state index >= 15 is 0 Å². The molecular weight excluding hydrogens is 510 g/mol. The van der Waals surface area contributed by atoms with Crippen molar-refractivity contribution in [2.75, 3.05) is 73.8 Å². The van der Waals surface area contributed by atoms with E-state index in [0.29, 0.717) is 43.5 Å². The van der Waals surface area contributed by atoms with Gasteiger partial charge in [-0.1, -0.05) is 0 Å². The van der Waals surface area contributed by atoms with E-state index in [1.54, 1.807) is 15.9 Å². The minimum atomic E-state index is -0.243. The molecule has 6 rings (SSSR count). The summed E-state index contributed by atoms with van der Waals surface area (Å²) in [6.45, 7) is 6.93. The number of rotatable bonds is 6. The highest BCUT2D eigenvalue weighted by atomic mass is 16.6. The molecule has 1 aromatic carbocycles. The van der Waals surface area contributed by atoms with Gasteiger partial charge >= 0.3 is 6.09 Å². The van der Waals surface area contributed by atoms with Gasteiger partial charge in [-0.05, 0) is 57.5 Å². The molecule has 3 aliphatic heterocycles. The first-order valence-corrected chi connectivity index (χ1v) is 14.0. The number of ether oxygens (including phenoxy) is 1. The Hall–Kier alpha value is -4.13. The van der Waals surface area contributed by atoms with Crippen molar-refractivity contribution in [2.24, 2.45) is 0 Å². The number of benzene rings is 1. The lowest BCUT2D eigenvalue weighted by molar-refractivity contribution is 0.105. The molecule has 13 heteroatoms. The molecule has 3 aliphatic rings. The molecule has 0 aliphatic carbocycles. The number of carbonyl (C=O) groups excluding carboxylic acids is 1. The minimum absolute atomic E-state index is 0.243. The second-order valence-corrected chi connectivity index (χ2v) is 10.6. The number of nitrogens with two attached hydrogens (primary N) is 1. The first-order chi connectivity index (χ1) is 19.5. The Morgan fingerprint density at radius 1 is 1.00 bits per heavy atom. The van der Waals surface area contributed by atoms with Crippen molar-refractivity contribution in [3.63, 3.8) is 0 Å². The van der Waals surface area contributed by atoms with Crippen molar-refractivity contribution in [3.8, 4) is 5.82 Å². The van der Waals surface area contributed by atoms with Gasteiger partial charge in [0, 0.05) is 68.8 Å². The fourth-order valence-electron chi connectivity index (χ4n) is 5.94. The van der Waals surface area contributed by atoms with Crippen molar-refractivity contribution in [1.82, 2.24) is 34.5 Å². The molecule has 1 amide bonds. The van der Waals surface area contributed by atoms with E-state index < -0.39 is 0 Å². The minimum Gasteiger partial charge on any atom is -0.450 e. The van der Waals surface area contributed by atoms with Gasteiger partial charge in [0.15, 0.2) is 5.82 Å².